The fourth-order valence-corrected chi connectivity index (χ4v) is 4.27. The van der Waals surface area contributed by atoms with Gasteiger partial charge in [0.15, 0.2) is 0 Å². The number of rotatable bonds is 6. The lowest BCUT2D eigenvalue weighted by molar-refractivity contribution is 0.0952. The van der Waals surface area contributed by atoms with E-state index >= 15 is 0 Å². The molecule has 150 valence electrons. The average Bonchev–Trinajstić information content (AvgIpc) is 3.17. The van der Waals surface area contributed by atoms with E-state index in [9.17, 15) is 14.4 Å². The normalized spacial score (nSPS) is 20.3. The standard InChI is InChI=1S/C23H24FN3O2/c24-19-6-4-17(5-7-19)23(28)26-9-1-2-10-27-13-18-15-29-22-8-3-16(12-25)11-20(22)21(18)14-27/h3-8,11,18,21H,1-2,9-10,13-15H2,(H,26,28). The van der Waals surface area contributed by atoms with Gasteiger partial charge in [-0.3, -0.25) is 4.79 Å². The molecule has 1 fully saturated rings. The lowest BCUT2D eigenvalue weighted by Gasteiger charge is -2.27. The summed E-state index contributed by atoms with van der Waals surface area (Å²) in [4.78, 5) is 14.5. The Hall–Kier alpha value is -2.91. The molecule has 2 aliphatic heterocycles. The number of nitrogens with zero attached hydrogens (tertiary/aromatic N) is 2. The number of nitrogens with one attached hydrogen (secondary N) is 1. The van der Waals surface area contributed by atoms with E-state index in [0.29, 0.717) is 29.5 Å². The van der Waals surface area contributed by atoms with Crippen LogP contribution in [0.3, 0.4) is 0 Å². The van der Waals surface area contributed by atoms with Crippen LogP contribution in [0.2, 0.25) is 0 Å². The third-order valence-electron chi connectivity index (χ3n) is 5.80. The van der Waals surface area contributed by atoms with Gasteiger partial charge in [0.2, 0.25) is 0 Å². The molecule has 2 aromatic rings. The molecule has 1 amide bonds. The van der Waals surface area contributed by atoms with Crippen molar-refractivity contribution in [2.75, 3.05) is 32.8 Å². The summed E-state index contributed by atoms with van der Waals surface area (Å²) in [7, 11) is 0. The SMILES string of the molecule is N#Cc1ccc2c(c1)C1CN(CCCCNC(=O)c3ccc(F)cc3)CC1CO2. The van der Waals surface area contributed by atoms with E-state index in [1.54, 1.807) is 0 Å². The summed E-state index contributed by atoms with van der Waals surface area (Å²) in [6.07, 6.45) is 1.89. The predicted molar refractivity (Wildman–Crippen MR) is 107 cm³/mol. The molecular formula is C23H24FN3O2. The molecule has 1 saturated heterocycles. The Balaban J connectivity index is 1.22. The molecule has 2 unspecified atom stereocenters. The molecule has 0 saturated carbocycles. The zero-order valence-corrected chi connectivity index (χ0v) is 16.2. The summed E-state index contributed by atoms with van der Waals surface area (Å²) >= 11 is 0. The predicted octanol–water partition coefficient (Wildman–Crippen LogP) is 3.32. The van der Waals surface area contributed by atoms with Gasteiger partial charge in [-0.2, -0.15) is 5.26 Å². The number of unbranched alkanes of at least 4 members (excludes halogenated alkanes) is 1. The van der Waals surface area contributed by atoms with E-state index in [1.165, 1.54) is 24.3 Å². The second-order valence-electron chi connectivity index (χ2n) is 7.77. The first-order chi connectivity index (χ1) is 14.1. The van der Waals surface area contributed by atoms with Gasteiger partial charge in [0.05, 0.1) is 18.2 Å². The summed E-state index contributed by atoms with van der Waals surface area (Å²) in [5.41, 5.74) is 2.32. The van der Waals surface area contributed by atoms with Crippen molar-refractivity contribution in [3.05, 3.63) is 65.0 Å². The molecule has 0 bridgehead atoms. The van der Waals surface area contributed by atoms with E-state index in [0.717, 1.165) is 50.4 Å². The first-order valence-corrected chi connectivity index (χ1v) is 10.1. The van der Waals surface area contributed by atoms with Gasteiger partial charge < -0.3 is 15.0 Å². The number of carbonyl (C=O) groups is 1. The molecule has 29 heavy (non-hydrogen) atoms. The van der Waals surface area contributed by atoms with E-state index in [-0.39, 0.29) is 11.7 Å². The number of hydrogen-bond donors (Lipinski definition) is 1. The fourth-order valence-electron chi connectivity index (χ4n) is 4.27. The van der Waals surface area contributed by atoms with Crippen LogP contribution >= 0.6 is 0 Å². The number of amides is 1. The average molecular weight is 393 g/mol. The minimum atomic E-state index is -0.343. The monoisotopic (exact) mass is 393 g/mol. The maximum Gasteiger partial charge on any atom is 0.251 e. The van der Waals surface area contributed by atoms with Crippen LogP contribution in [0.5, 0.6) is 5.75 Å². The fraction of sp³-hybridized carbons (Fsp3) is 0.391. The quantitative estimate of drug-likeness (QED) is 0.765. The molecule has 0 aliphatic carbocycles. The van der Waals surface area contributed by atoms with Crippen LogP contribution in [0.25, 0.3) is 0 Å². The van der Waals surface area contributed by atoms with Crippen molar-refractivity contribution in [3.8, 4) is 11.8 Å². The molecule has 0 radical (unpaired) electrons. The third-order valence-corrected chi connectivity index (χ3v) is 5.80. The van der Waals surface area contributed by atoms with Gasteiger partial charge in [-0.25, -0.2) is 4.39 Å². The number of ether oxygens (including phenoxy) is 1. The van der Waals surface area contributed by atoms with Gasteiger partial charge in [0, 0.05) is 42.6 Å². The Kier molecular flexibility index (Phi) is 5.77. The van der Waals surface area contributed by atoms with Crippen LogP contribution in [0.1, 0.15) is 40.2 Å². The van der Waals surface area contributed by atoms with E-state index in [2.05, 4.69) is 16.3 Å². The molecule has 4 rings (SSSR count). The molecule has 5 nitrogen and oxygen atoms in total. The van der Waals surface area contributed by atoms with Gasteiger partial charge in [-0.1, -0.05) is 0 Å². The van der Waals surface area contributed by atoms with Gasteiger partial charge in [-0.15, -0.1) is 0 Å². The second kappa shape index (κ2) is 8.62. The summed E-state index contributed by atoms with van der Waals surface area (Å²) in [6.45, 7) is 4.30. The van der Waals surface area contributed by atoms with Crippen LogP contribution < -0.4 is 10.1 Å². The van der Waals surface area contributed by atoms with Crippen LogP contribution in [0.4, 0.5) is 4.39 Å². The van der Waals surface area contributed by atoms with Crippen LogP contribution in [0, 0.1) is 23.1 Å². The Bertz CT molecular complexity index is 923. The Morgan fingerprint density at radius 3 is 2.83 bits per heavy atom. The highest BCUT2D eigenvalue weighted by molar-refractivity contribution is 5.94. The van der Waals surface area contributed by atoms with Gasteiger partial charge in [0.1, 0.15) is 11.6 Å². The number of hydrogen-bond acceptors (Lipinski definition) is 4. The molecular weight excluding hydrogens is 369 g/mol. The minimum absolute atomic E-state index is 0.167. The third kappa shape index (κ3) is 4.41. The zero-order valence-electron chi connectivity index (χ0n) is 16.2. The lowest BCUT2D eigenvalue weighted by Crippen LogP contribution is -2.27. The first kappa shape index (κ1) is 19.4. The number of fused-ring (bicyclic) bond motifs is 3. The van der Waals surface area contributed by atoms with Crippen molar-refractivity contribution < 1.29 is 13.9 Å². The highest BCUT2D eigenvalue weighted by atomic mass is 19.1. The number of likely N-dealkylation sites (tertiary alicyclic amines) is 1. The maximum atomic E-state index is 12.9. The molecule has 6 heteroatoms. The summed E-state index contributed by atoms with van der Waals surface area (Å²) in [6, 6.07) is 13.5. The molecule has 0 aromatic heterocycles. The van der Waals surface area contributed by atoms with Crippen molar-refractivity contribution in [1.82, 2.24) is 10.2 Å². The minimum Gasteiger partial charge on any atom is -0.493 e. The smallest absolute Gasteiger partial charge is 0.251 e. The molecule has 2 aromatic carbocycles. The van der Waals surface area contributed by atoms with Crippen LogP contribution in [0.15, 0.2) is 42.5 Å². The van der Waals surface area contributed by atoms with Crippen molar-refractivity contribution in [2.24, 2.45) is 5.92 Å². The number of carbonyl (C=O) groups excluding carboxylic acids is 1. The van der Waals surface area contributed by atoms with E-state index in [4.69, 9.17) is 4.74 Å². The summed E-state index contributed by atoms with van der Waals surface area (Å²) in [5.74, 6) is 1.29. The highest BCUT2D eigenvalue weighted by Gasteiger charge is 2.38. The van der Waals surface area contributed by atoms with Crippen molar-refractivity contribution in [1.29, 1.82) is 5.26 Å². The molecule has 2 heterocycles. The first-order valence-electron chi connectivity index (χ1n) is 10.1. The van der Waals surface area contributed by atoms with E-state index < -0.39 is 0 Å². The molecule has 0 spiro atoms. The zero-order chi connectivity index (χ0) is 20.2. The van der Waals surface area contributed by atoms with Gasteiger partial charge in [-0.05, 0) is 61.9 Å². The molecule has 1 N–H and O–H groups in total. The van der Waals surface area contributed by atoms with Crippen LogP contribution in [-0.4, -0.2) is 43.6 Å². The van der Waals surface area contributed by atoms with Crippen molar-refractivity contribution >= 4 is 5.91 Å². The lowest BCUT2D eigenvalue weighted by atomic mass is 9.86. The largest absolute Gasteiger partial charge is 0.493 e. The Morgan fingerprint density at radius 2 is 2.03 bits per heavy atom. The molecule has 2 aliphatic rings. The van der Waals surface area contributed by atoms with Crippen LogP contribution in [-0.2, 0) is 0 Å². The van der Waals surface area contributed by atoms with Gasteiger partial charge in [0.25, 0.3) is 5.91 Å². The number of benzene rings is 2. The summed E-state index contributed by atoms with van der Waals surface area (Å²) in [5, 5.41) is 12.1. The second-order valence-corrected chi connectivity index (χ2v) is 7.77. The van der Waals surface area contributed by atoms with Gasteiger partial charge >= 0.3 is 0 Å². The number of halogens is 1. The Labute approximate surface area is 170 Å². The van der Waals surface area contributed by atoms with Crippen molar-refractivity contribution in [3.63, 3.8) is 0 Å². The maximum absolute atomic E-state index is 12.9. The topological polar surface area (TPSA) is 65.4 Å². The van der Waals surface area contributed by atoms with Crippen molar-refractivity contribution in [2.45, 2.75) is 18.8 Å². The highest BCUT2D eigenvalue weighted by Crippen LogP contribution is 2.41. The van der Waals surface area contributed by atoms with E-state index in [1.807, 2.05) is 18.2 Å². The Morgan fingerprint density at radius 1 is 1.21 bits per heavy atom. The summed E-state index contributed by atoms with van der Waals surface area (Å²) < 4.78 is 18.8. The molecule has 2 atom stereocenters. The number of nitriles is 1.